The minimum atomic E-state index is -4.32. The Hall–Kier alpha value is -0.420. The van der Waals surface area contributed by atoms with Gasteiger partial charge >= 0.3 is 6.18 Å². The first-order valence-corrected chi connectivity index (χ1v) is 5.86. The van der Waals surface area contributed by atoms with Gasteiger partial charge in [0.25, 0.3) is 0 Å². The normalized spacial score (nSPS) is 13.6. The van der Waals surface area contributed by atoms with Crippen LogP contribution in [0.5, 0.6) is 0 Å². The third kappa shape index (κ3) is 3.56. The van der Waals surface area contributed by atoms with Crippen LogP contribution < -0.4 is 5.32 Å². The lowest BCUT2D eigenvalue weighted by atomic mass is 10.2. The van der Waals surface area contributed by atoms with Gasteiger partial charge in [-0.05, 0) is 41.1 Å². The molecule has 0 aromatic heterocycles. The number of nitrogens with one attached hydrogen (secondary N) is 1. The number of rotatable bonds is 3. The van der Waals surface area contributed by atoms with Crippen LogP contribution in [-0.4, -0.2) is 11.9 Å². The smallest absolute Gasteiger partial charge is 0.380 e. The molecular weight excluding hydrogens is 306 g/mol. The molecule has 90 valence electrons. The van der Waals surface area contributed by atoms with Gasteiger partial charge in [-0.15, -0.1) is 11.6 Å². The third-order valence-electron chi connectivity index (χ3n) is 1.93. The van der Waals surface area contributed by atoms with Gasteiger partial charge in [-0.2, -0.15) is 13.2 Å². The average molecular weight is 317 g/mol. The second-order valence-corrected chi connectivity index (χ2v) is 4.56. The zero-order valence-corrected chi connectivity index (χ0v) is 10.7. The Morgan fingerprint density at radius 1 is 1.44 bits per heavy atom. The summed E-state index contributed by atoms with van der Waals surface area (Å²) in [4.78, 5) is 0. The van der Waals surface area contributed by atoms with Crippen LogP contribution >= 0.6 is 27.5 Å². The molecule has 1 nitrogen and oxygen atoms in total. The van der Waals surface area contributed by atoms with Crippen molar-refractivity contribution in [3.63, 3.8) is 0 Å². The molecule has 0 aliphatic rings. The fraction of sp³-hybridized carbons (Fsp3) is 0.400. The molecule has 1 unspecified atom stereocenters. The summed E-state index contributed by atoms with van der Waals surface area (Å²) in [5.41, 5.74) is -0.0791. The number of halogens is 5. The highest BCUT2D eigenvalue weighted by atomic mass is 79.9. The second-order valence-electron chi connectivity index (χ2n) is 3.39. The predicted octanol–water partition coefficient (Wildman–Crippen LogP) is 4.51. The van der Waals surface area contributed by atoms with E-state index in [0.717, 1.165) is 12.1 Å². The molecule has 16 heavy (non-hydrogen) atoms. The van der Waals surface area contributed by atoms with Gasteiger partial charge in [-0.25, -0.2) is 0 Å². The Kier molecular flexibility index (Phi) is 4.50. The Morgan fingerprint density at radius 3 is 2.50 bits per heavy atom. The lowest BCUT2D eigenvalue weighted by molar-refractivity contribution is -0.137. The summed E-state index contributed by atoms with van der Waals surface area (Å²) in [6.45, 7) is 1.84. The van der Waals surface area contributed by atoms with Crippen molar-refractivity contribution in [2.45, 2.75) is 19.1 Å². The van der Waals surface area contributed by atoms with Crippen molar-refractivity contribution in [1.29, 1.82) is 0 Å². The van der Waals surface area contributed by atoms with Gasteiger partial charge in [0, 0.05) is 22.1 Å². The van der Waals surface area contributed by atoms with Gasteiger partial charge in [-0.1, -0.05) is 0 Å². The molecule has 0 aliphatic heterocycles. The van der Waals surface area contributed by atoms with Gasteiger partial charge in [-0.3, -0.25) is 0 Å². The molecule has 1 N–H and O–H groups in total. The number of anilines is 1. The lowest BCUT2D eigenvalue weighted by Crippen LogP contribution is -2.17. The molecule has 0 heterocycles. The molecule has 0 aliphatic carbocycles. The summed E-state index contributed by atoms with van der Waals surface area (Å²) in [5, 5.41) is 2.99. The summed E-state index contributed by atoms with van der Waals surface area (Å²) in [6, 6.07) is 3.46. The molecule has 1 aromatic rings. The van der Waals surface area contributed by atoms with E-state index in [1.54, 1.807) is 0 Å². The maximum absolute atomic E-state index is 12.4. The Labute approximate surface area is 105 Å². The molecule has 1 atom stereocenters. The van der Waals surface area contributed by atoms with E-state index >= 15 is 0 Å². The molecule has 0 saturated carbocycles. The minimum Gasteiger partial charge on any atom is -0.380 e. The zero-order chi connectivity index (χ0) is 12.3. The van der Waals surface area contributed by atoms with Gasteiger partial charge in [0.2, 0.25) is 0 Å². The number of benzene rings is 1. The first kappa shape index (κ1) is 13.6. The molecule has 1 rings (SSSR count). The van der Waals surface area contributed by atoms with Crippen molar-refractivity contribution in [2.24, 2.45) is 0 Å². The molecule has 0 amide bonds. The molecule has 0 fully saturated rings. The van der Waals surface area contributed by atoms with Crippen molar-refractivity contribution in [3.8, 4) is 0 Å². The fourth-order valence-electron chi connectivity index (χ4n) is 1.11. The van der Waals surface area contributed by atoms with Gasteiger partial charge < -0.3 is 5.32 Å². The first-order valence-electron chi connectivity index (χ1n) is 4.54. The standard InChI is InChI=1S/C10H10BrClF3N/c1-6(5-12)16-9-3-2-7(4-8(9)11)10(13,14)15/h2-4,6,16H,5H2,1H3. The lowest BCUT2D eigenvalue weighted by Gasteiger charge is -2.15. The van der Waals surface area contributed by atoms with Crippen LogP contribution in [-0.2, 0) is 6.18 Å². The van der Waals surface area contributed by atoms with E-state index in [0.29, 0.717) is 16.0 Å². The van der Waals surface area contributed by atoms with E-state index in [4.69, 9.17) is 11.6 Å². The molecule has 6 heteroatoms. The van der Waals surface area contributed by atoms with Crippen molar-refractivity contribution >= 4 is 33.2 Å². The van der Waals surface area contributed by atoms with Crippen molar-refractivity contribution < 1.29 is 13.2 Å². The highest BCUT2D eigenvalue weighted by Gasteiger charge is 2.30. The predicted molar refractivity (Wildman–Crippen MR) is 62.9 cm³/mol. The maximum Gasteiger partial charge on any atom is 0.416 e. The van der Waals surface area contributed by atoms with Crippen LogP contribution in [0, 0.1) is 0 Å². The first-order chi connectivity index (χ1) is 7.34. The second kappa shape index (κ2) is 5.27. The number of hydrogen-bond donors (Lipinski definition) is 1. The summed E-state index contributed by atoms with van der Waals surface area (Å²) >= 11 is 8.69. The van der Waals surface area contributed by atoms with Gasteiger partial charge in [0.15, 0.2) is 0 Å². The number of hydrogen-bond acceptors (Lipinski definition) is 1. The van der Waals surface area contributed by atoms with Crippen LogP contribution in [0.4, 0.5) is 18.9 Å². The van der Waals surface area contributed by atoms with Gasteiger partial charge in [0.05, 0.1) is 5.56 Å². The Morgan fingerprint density at radius 2 is 2.06 bits per heavy atom. The van der Waals surface area contributed by atoms with Crippen LogP contribution in [0.15, 0.2) is 22.7 Å². The van der Waals surface area contributed by atoms with E-state index in [2.05, 4.69) is 21.2 Å². The molecule has 0 spiro atoms. The monoisotopic (exact) mass is 315 g/mol. The SMILES string of the molecule is CC(CCl)Nc1ccc(C(F)(F)F)cc1Br. The quantitative estimate of drug-likeness (QED) is 0.809. The van der Waals surface area contributed by atoms with E-state index < -0.39 is 11.7 Å². The Balaban J connectivity index is 2.92. The van der Waals surface area contributed by atoms with Crippen LogP contribution in [0.1, 0.15) is 12.5 Å². The fourth-order valence-corrected chi connectivity index (χ4v) is 1.68. The molecule has 1 aromatic carbocycles. The molecule has 0 radical (unpaired) electrons. The Bertz CT molecular complexity index is 368. The number of alkyl halides is 4. The molecule has 0 saturated heterocycles. The highest BCUT2D eigenvalue weighted by molar-refractivity contribution is 9.10. The maximum atomic E-state index is 12.4. The van der Waals surface area contributed by atoms with Crippen LogP contribution in [0.25, 0.3) is 0 Å². The van der Waals surface area contributed by atoms with Crippen molar-refractivity contribution in [3.05, 3.63) is 28.2 Å². The summed E-state index contributed by atoms with van der Waals surface area (Å²) in [7, 11) is 0. The van der Waals surface area contributed by atoms with Crippen molar-refractivity contribution in [1.82, 2.24) is 0 Å². The van der Waals surface area contributed by atoms with Crippen LogP contribution in [0.3, 0.4) is 0 Å². The van der Waals surface area contributed by atoms with E-state index in [1.807, 2.05) is 6.92 Å². The molecular formula is C10H10BrClF3N. The zero-order valence-electron chi connectivity index (χ0n) is 8.41. The minimum absolute atomic E-state index is 0.00490. The summed E-state index contributed by atoms with van der Waals surface area (Å²) in [5.74, 6) is 0.382. The van der Waals surface area contributed by atoms with Crippen molar-refractivity contribution in [2.75, 3.05) is 11.2 Å². The summed E-state index contributed by atoms with van der Waals surface area (Å²) < 4.78 is 37.5. The average Bonchev–Trinajstić information content (AvgIpc) is 2.19. The van der Waals surface area contributed by atoms with E-state index in [-0.39, 0.29) is 6.04 Å². The van der Waals surface area contributed by atoms with E-state index in [9.17, 15) is 13.2 Å². The highest BCUT2D eigenvalue weighted by Crippen LogP contribution is 2.34. The largest absolute Gasteiger partial charge is 0.416 e. The third-order valence-corrected chi connectivity index (χ3v) is 3.05. The topological polar surface area (TPSA) is 12.0 Å². The van der Waals surface area contributed by atoms with Crippen LogP contribution in [0.2, 0.25) is 0 Å². The van der Waals surface area contributed by atoms with Gasteiger partial charge in [0.1, 0.15) is 0 Å². The summed E-state index contributed by atoms with van der Waals surface area (Å²) in [6.07, 6.45) is -4.32. The van der Waals surface area contributed by atoms with E-state index in [1.165, 1.54) is 6.07 Å². The molecule has 0 bridgehead atoms.